The number of benzene rings is 1. The molecule has 0 aliphatic carbocycles. The Morgan fingerprint density at radius 2 is 1.96 bits per heavy atom. The minimum atomic E-state index is -0.657. The van der Waals surface area contributed by atoms with E-state index in [0.29, 0.717) is 11.3 Å². The SMILES string of the molecule is CCOC(=O)c1cccc(NC(=O)CNC(=O)[C@@H](N)C(C)C)c1. The topological polar surface area (TPSA) is 111 Å². The summed E-state index contributed by atoms with van der Waals surface area (Å²) in [5.74, 6) is -1.26. The van der Waals surface area contributed by atoms with Crippen LogP contribution in [0.15, 0.2) is 24.3 Å². The van der Waals surface area contributed by atoms with E-state index in [1.165, 1.54) is 6.07 Å². The molecule has 0 radical (unpaired) electrons. The van der Waals surface area contributed by atoms with E-state index in [0.717, 1.165) is 0 Å². The number of nitrogens with two attached hydrogens (primary N) is 1. The lowest BCUT2D eigenvalue weighted by Crippen LogP contribution is -2.46. The van der Waals surface area contributed by atoms with Crippen LogP contribution in [0.1, 0.15) is 31.1 Å². The first-order chi connectivity index (χ1) is 10.8. The molecule has 0 heterocycles. The Balaban J connectivity index is 2.56. The third-order valence-corrected chi connectivity index (χ3v) is 3.10. The monoisotopic (exact) mass is 321 g/mol. The quantitative estimate of drug-likeness (QED) is 0.646. The number of anilines is 1. The number of carbonyl (C=O) groups excluding carboxylic acids is 3. The van der Waals surface area contributed by atoms with Crippen LogP contribution >= 0.6 is 0 Å². The number of ether oxygens (including phenoxy) is 1. The fourth-order valence-electron chi connectivity index (χ4n) is 1.73. The summed E-state index contributed by atoms with van der Waals surface area (Å²) in [5.41, 5.74) is 6.48. The first-order valence-corrected chi connectivity index (χ1v) is 7.45. The molecule has 7 heteroatoms. The second-order valence-corrected chi connectivity index (χ2v) is 5.34. The molecule has 1 aromatic carbocycles. The van der Waals surface area contributed by atoms with Crippen molar-refractivity contribution in [3.63, 3.8) is 0 Å². The van der Waals surface area contributed by atoms with Crippen LogP contribution in [0, 0.1) is 5.92 Å². The van der Waals surface area contributed by atoms with Crippen LogP contribution in [0.5, 0.6) is 0 Å². The van der Waals surface area contributed by atoms with E-state index >= 15 is 0 Å². The van der Waals surface area contributed by atoms with Crippen LogP contribution in [0.2, 0.25) is 0 Å². The van der Waals surface area contributed by atoms with Crippen molar-refractivity contribution in [3.8, 4) is 0 Å². The zero-order valence-electron chi connectivity index (χ0n) is 13.6. The molecule has 0 aliphatic rings. The van der Waals surface area contributed by atoms with Gasteiger partial charge in [-0.1, -0.05) is 19.9 Å². The number of nitrogens with one attached hydrogen (secondary N) is 2. The van der Waals surface area contributed by atoms with Crippen molar-refractivity contribution in [1.29, 1.82) is 0 Å². The van der Waals surface area contributed by atoms with Crippen molar-refractivity contribution in [2.75, 3.05) is 18.5 Å². The largest absolute Gasteiger partial charge is 0.462 e. The Kier molecular flexibility index (Phi) is 7.21. The highest BCUT2D eigenvalue weighted by molar-refractivity contribution is 5.97. The molecule has 23 heavy (non-hydrogen) atoms. The predicted molar refractivity (Wildman–Crippen MR) is 86.9 cm³/mol. The number of hydrogen-bond donors (Lipinski definition) is 3. The third-order valence-electron chi connectivity index (χ3n) is 3.10. The van der Waals surface area contributed by atoms with Gasteiger partial charge in [0, 0.05) is 5.69 Å². The first kappa shape index (κ1) is 18.6. The Morgan fingerprint density at radius 1 is 1.26 bits per heavy atom. The molecule has 0 spiro atoms. The normalized spacial score (nSPS) is 11.7. The lowest BCUT2D eigenvalue weighted by Gasteiger charge is -2.15. The number of carbonyl (C=O) groups is 3. The second kappa shape index (κ2) is 8.89. The Bertz CT molecular complexity index is 572. The highest BCUT2D eigenvalue weighted by Crippen LogP contribution is 2.11. The van der Waals surface area contributed by atoms with Crippen molar-refractivity contribution in [1.82, 2.24) is 5.32 Å². The zero-order chi connectivity index (χ0) is 17.4. The van der Waals surface area contributed by atoms with Gasteiger partial charge in [0.15, 0.2) is 0 Å². The minimum Gasteiger partial charge on any atom is -0.462 e. The van der Waals surface area contributed by atoms with E-state index in [9.17, 15) is 14.4 Å². The molecule has 1 atom stereocenters. The summed E-state index contributed by atoms with van der Waals surface area (Å²) >= 11 is 0. The van der Waals surface area contributed by atoms with Crippen molar-refractivity contribution in [3.05, 3.63) is 29.8 Å². The Morgan fingerprint density at radius 3 is 2.57 bits per heavy atom. The van der Waals surface area contributed by atoms with Gasteiger partial charge in [-0.25, -0.2) is 4.79 Å². The second-order valence-electron chi connectivity index (χ2n) is 5.34. The minimum absolute atomic E-state index is 0.0145. The summed E-state index contributed by atoms with van der Waals surface area (Å²) in [6, 6.07) is 5.72. The van der Waals surface area contributed by atoms with E-state index in [1.807, 2.05) is 13.8 Å². The van der Waals surface area contributed by atoms with Gasteiger partial charge in [-0.3, -0.25) is 9.59 Å². The molecule has 0 unspecified atom stereocenters. The molecule has 0 saturated carbocycles. The number of esters is 1. The molecular weight excluding hydrogens is 298 g/mol. The molecule has 0 fully saturated rings. The molecule has 126 valence electrons. The summed E-state index contributed by atoms with van der Waals surface area (Å²) in [4.78, 5) is 35.1. The summed E-state index contributed by atoms with van der Waals surface area (Å²) < 4.78 is 4.89. The summed E-state index contributed by atoms with van der Waals surface area (Å²) in [6.07, 6.45) is 0. The number of hydrogen-bond acceptors (Lipinski definition) is 5. The maximum atomic E-state index is 11.8. The van der Waals surface area contributed by atoms with Crippen LogP contribution in [-0.2, 0) is 14.3 Å². The maximum absolute atomic E-state index is 11.8. The van der Waals surface area contributed by atoms with Crippen molar-refractivity contribution in [2.24, 2.45) is 11.7 Å². The summed E-state index contributed by atoms with van der Waals surface area (Å²) in [7, 11) is 0. The van der Waals surface area contributed by atoms with Gasteiger partial charge in [-0.15, -0.1) is 0 Å². The molecule has 0 saturated heterocycles. The zero-order valence-corrected chi connectivity index (χ0v) is 13.6. The van der Waals surface area contributed by atoms with Crippen molar-refractivity contribution in [2.45, 2.75) is 26.8 Å². The van der Waals surface area contributed by atoms with Gasteiger partial charge in [0.25, 0.3) is 0 Å². The molecule has 0 bridgehead atoms. The highest BCUT2D eigenvalue weighted by Gasteiger charge is 2.17. The van der Waals surface area contributed by atoms with E-state index in [-0.39, 0.29) is 25.0 Å². The van der Waals surface area contributed by atoms with Crippen molar-refractivity contribution >= 4 is 23.5 Å². The summed E-state index contributed by atoms with van der Waals surface area (Å²) in [5, 5.41) is 5.07. The molecule has 0 aliphatic heterocycles. The van der Waals surface area contributed by atoms with Gasteiger partial charge in [-0.05, 0) is 31.0 Å². The summed E-state index contributed by atoms with van der Waals surface area (Å²) in [6.45, 7) is 5.45. The highest BCUT2D eigenvalue weighted by atomic mass is 16.5. The number of amides is 2. The predicted octanol–water partition coefficient (Wildman–Crippen LogP) is 0.901. The van der Waals surface area contributed by atoms with Crippen LogP contribution < -0.4 is 16.4 Å². The van der Waals surface area contributed by atoms with Gasteiger partial charge in [0.05, 0.1) is 24.8 Å². The third kappa shape index (κ3) is 6.07. The molecular formula is C16H23N3O4. The molecule has 1 aromatic rings. The van der Waals surface area contributed by atoms with E-state index in [2.05, 4.69) is 10.6 Å². The lowest BCUT2D eigenvalue weighted by atomic mass is 10.1. The van der Waals surface area contributed by atoms with Gasteiger partial charge in [0.1, 0.15) is 0 Å². The van der Waals surface area contributed by atoms with Gasteiger partial charge < -0.3 is 21.1 Å². The van der Waals surface area contributed by atoms with Crippen LogP contribution in [0.4, 0.5) is 5.69 Å². The lowest BCUT2D eigenvalue weighted by molar-refractivity contribution is -0.125. The average Bonchev–Trinajstić information content (AvgIpc) is 2.52. The Hall–Kier alpha value is -2.41. The van der Waals surface area contributed by atoms with Crippen LogP contribution in [0.25, 0.3) is 0 Å². The average molecular weight is 321 g/mol. The maximum Gasteiger partial charge on any atom is 0.338 e. The molecule has 2 amide bonds. The molecule has 4 N–H and O–H groups in total. The smallest absolute Gasteiger partial charge is 0.338 e. The molecule has 7 nitrogen and oxygen atoms in total. The molecule has 1 rings (SSSR count). The van der Waals surface area contributed by atoms with E-state index < -0.39 is 17.9 Å². The van der Waals surface area contributed by atoms with Crippen molar-refractivity contribution < 1.29 is 19.1 Å². The Labute approximate surface area is 135 Å². The number of rotatable bonds is 7. The van der Waals surface area contributed by atoms with E-state index in [1.54, 1.807) is 25.1 Å². The molecule has 0 aromatic heterocycles. The fraction of sp³-hybridized carbons (Fsp3) is 0.438. The standard InChI is InChI=1S/C16H23N3O4/c1-4-23-16(22)11-6-5-7-12(8-11)19-13(20)9-18-15(21)14(17)10(2)3/h5-8,10,14H,4,9,17H2,1-3H3,(H,18,21)(H,19,20)/t14-/m0/s1. The fourth-order valence-corrected chi connectivity index (χ4v) is 1.73. The van der Waals surface area contributed by atoms with Gasteiger partial charge in [-0.2, -0.15) is 0 Å². The van der Waals surface area contributed by atoms with Crippen LogP contribution in [0.3, 0.4) is 0 Å². The van der Waals surface area contributed by atoms with E-state index in [4.69, 9.17) is 10.5 Å². The van der Waals surface area contributed by atoms with Gasteiger partial charge >= 0.3 is 5.97 Å². The first-order valence-electron chi connectivity index (χ1n) is 7.45. The van der Waals surface area contributed by atoms with Crippen LogP contribution in [-0.4, -0.2) is 37.0 Å². The van der Waals surface area contributed by atoms with Gasteiger partial charge in [0.2, 0.25) is 11.8 Å².